The second-order valence-electron chi connectivity index (χ2n) is 6.78. The van der Waals surface area contributed by atoms with E-state index in [9.17, 15) is 0 Å². The molecule has 1 fully saturated rings. The Bertz CT molecular complexity index is 325. The van der Waals surface area contributed by atoms with E-state index in [0.29, 0.717) is 18.0 Å². The molecule has 0 aliphatic carbocycles. The summed E-state index contributed by atoms with van der Waals surface area (Å²) < 4.78 is 5.35. The minimum atomic E-state index is 0. The molecule has 7 heteroatoms. The van der Waals surface area contributed by atoms with Gasteiger partial charge < -0.3 is 15.8 Å². The fraction of sp³-hybridized carbons (Fsp3) is 0.941. The van der Waals surface area contributed by atoms with Crippen molar-refractivity contribution in [2.24, 2.45) is 10.7 Å². The lowest BCUT2D eigenvalue weighted by Gasteiger charge is -2.30. The van der Waals surface area contributed by atoms with Crippen LogP contribution in [0.25, 0.3) is 0 Å². The molecule has 6 nitrogen and oxygen atoms in total. The third-order valence-electron chi connectivity index (χ3n) is 4.24. The van der Waals surface area contributed by atoms with E-state index in [2.05, 4.69) is 47.8 Å². The molecular weight excluding hydrogens is 417 g/mol. The van der Waals surface area contributed by atoms with Gasteiger partial charge in [0.2, 0.25) is 0 Å². The number of morpholine rings is 1. The zero-order valence-corrected chi connectivity index (χ0v) is 18.3. The number of ether oxygens (including phenoxy) is 1. The van der Waals surface area contributed by atoms with Crippen LogP contribution in [0.15, 0.2) is 4.99 Å². The molecule has 1 aliphatic heterocycles. The maximum atomic E-state index is 5.92. The Balaban J connectivity index is 0.00000529. The van der Waals surface area contributed by atoms with Gasteiger partial charge in [0.25, 0.3) is 0 Å². The first kappa shape index (κ1) is 23.9. The molecule has 0 aromatic heterocycles. The van der Waals surface area contributed by atoms with Crippen LogP contribution >= 0.6 is 24.0 Å². The summed E-state index contributed by atoms with van der Waals surface area (Å²) in [5.41, 5.74) is 5.92. The predicted molar refractivity (Wildman–Crippen MR) is 113 cm³/mol. The first-order valence-electron chi connectivity index (χ1n) is 9.10. The van der Waals surface area contributed by atoms with E-state index >= 15 is 0 Å². The largest absolute Gasteiger partial charge is 0.379 e. The van der Waals surface area contributed by atoms with Gasteiger partial charge in [0.1, 0.15) is 0 Å². The van der Waals surface area contributed by atoms with Crippen LogP contribution in [0, 0.1) is 0 Å². The SMILES string of the molecule is CC(C)N(CCCN=C(N)NCCCN1CCOCC1)C(C)C.I. The molecule has 0 unspecified atom stereocenters. The molecule has 1 rings (SSSR count). The van der Waals surface area contributed by atoms with Crippen LogP contribution in [-0.4, -0.2) is 80.3 Å². The average Bonchev–Trinajstić information content (AvgIpc) is 2.51. The molecule has 0 radical (unpaired) electrons. The normalized spacial score (nSPS) is 16.7. The van der Waals surface area contributed by atoms with Crippen LogP contribution < -0.4 is 11.1 Å². The second-order valence-corrected chi connectivity index (χ2v) is 6.78. The third kappa shape index (κ3) is 10.7. The summed E-state index contributed by atoms with van der Waals surface area (Å²) in [6.07, 6.45) is 2.14. The highest BCUT2D eigenvalue weighted by atomic mass is 127. The highest BCUT2D eigenvalue weighted by molar-refractivity contribution is 14.0. The van der Waals surface area contributed by atoms with Crippen LogP contribution in [0.2, 0.25) is 0 Å². The molecule has 0 bridgehead atoms. The Kier molecular flexibility index (Phi) is 14.0. The van der Waals surface area contributed by atoms with Crippen molar-refractivity contribution < 1.29 is 4.74 Å². The summed E-state index contributed by atoms with van der Waals surface area (Å²) in [7, 11) is 0. The number of nitrogens with one attached hydrogen (secondary N) is 1. The molecule has 0 atom stereocenters. The van der Waals surface area contributed by atoms with Crippen LogP contribution in [0.3, 0.4) is 0 Å². The Hall–Kier alpha value is -0.120. The molecule has 1 heterocycles. The Morgan fingerprint density at radius 1 is 1.17 bits per heavy atom. The van der Waals surface area contributed by atoms with Crippen LogP contribution in [0.5, 0.6) is 0 Å². The average molecular weight is 455 g/mol. The number of hydrogen-bond donors (Lipinski definition) is 2. The molecule has 1 aliphatic rings. The third-order valence-corrected chi connectivity index (χ3v) is 4.24. The van der Waals surface area contributed by atoms with E-state index < -0.39 is 0 Å². The summed E-state index contributed by atoms with van der Waals surface area (Å²) in [6, 6.07) is 1.16. The maximum Gasteiger partial charge on any atom is 0.188 e. The minimum absolute atomic E-state index is 0. The van der Waals surface area contributed by atoms with Crippen molar-refractivity contribution in [3.8, 4) is 0 Å². The molecular formula is C17H38IN5O. The monoisotopic (exact) mass is 455 g/mol. The number of aliphatic imine (C=N–C) groups is 1. The van der Waals surface area contributed by atoms with Crippen LogP contribution in [0.1, 0.15) is 40.5 Å². The highest BCUT2D eigenvalue weighted by Gasteiger charge is 2.12. The van der Waals surface area contributed by atoms with Gasteiger partial charge >= 0.3 is 0 Å². The minimum Gasteiger partial charge on any atom is -0.379 e. The van der Waals surface area contributed by atoms with Gasteiger partial charge in [-0.3, -0.25) is 14.8 Å². The Morgan fingerprint density at radius 3 is 2.38 bits per heavy atom. The smallest absolute Gasteiger partial charge is 0.188 e. The van der Waals surface area contributed by atoms with Crippen molar-refractivity contribution in [1.29, 1.82) is 0 Å². The molecule has 3 N–H and O–H groups in total. The molecule has 144 valence electrons. The molecule has 0 aromatic carbocycles. The molecule has 1 saturated heterocycles. The van der Waals surface area contributed by atoms with E-state index in [0.717, 1.165) is 65.3 Å². The van der Waals surface area contributed by atoms with Crippen LogP contribution in [0.4, 0.5) is 0 Å². The van der Waals surface area contributed by atoms with Crippen molar-refractivity contribution >= 4 is 29.9 Å². The number of guanidine groups is 1. The highest BCUT2D eigenvalue weighted by Crippen LogP contribution is 2.05. The van der Waals surface area contributed by atoms with Gasteiger partial charge in [0.15, 0.2) is 5.96 Å². The van der Waals surface area contributed by atoms with E-state index in [1.54, 1.807) is 0 Å². The van der Waals surface area contributed by atoms with Crippen molar-refractivity contribution in [3.05, 3.63) is 0 Å². The zero-order valence-electron chi connectivity index (χ0n) is 16.0. The van der Waals surface area contributed by atoms with Crippen molar-refractivity contribution in [1.82, 2.24) is 15.1 Å². The first-order chi connectivity index (χ1) is 11.0. The number of halogens is 1. The van der Waals surface area contributed by atoms with Gasteiger partial charge in [-0.2, -0.15) is 0 Å². The Morgan fingerprint density at radius 2 is 1.79 bits per heavy atom. The number of rotatable bonds is 10. The quantitative estimate of drug-likeness (QED) is 0.227. The maximum absolute atomic E-state index is 5.92. The standard InChI is InChI=1S/C17H37N5O.HI/c1-15(2)22(16(3)4)10-6-8-20-17(18)19-7-5-9-21-11-13-23-14-12-21;/h15-16H,5-14H2,1-4H3,(H3,18,19,20);1H. The summed E-state index contributed by atoms with van der Waals surface area (Å²) >= 11 is 0. The van der Waals surface area contributed by atoms with Gasteiger partial charge in [0, 0.05) is 44.8 Å². The fourth-order valence-electron chi connectivity index (χ4n) is 2.97. The number of nitrogens with two attached hydrogens (primary N) is 1. The molecule has 24 heavy (non-hydrogen) atoms. The van der Waals surface area contributed by atoms with Crippen molar-refractivity contribution in [2.75, 3.05) is 52.5 Å². The van der Waals surface area contributed by atoms with Gasteiger partial charge in [0.05, 0.1) is 13.2 Å². The summed E-state index contributed by atoms with van der Waals surface area (Å²) in [5, 5.41) is 3.21. The van der Waals surface area contributed by atoms with Crippen LogP contribution in [-0.2, 0) is 4.74 Å². The molecule has 0 spiro atoms. The van der Waals surface area contributed by atoms with E-state index in [1.807, 2.05) is 0 Å². The van der Waals surface area contributed by atoms with Gasteiger partial charge in [-0.25, -0.2) is 0 Å². The fourth-order valence-corrected chi connectivity index (χ4v) is 2.97. The number of nitrogens with zero attached hydrogens (tertiary/aromatic N) is 3. The van der Waals surface area contributed by atoms with E-state index in [4.69, 9.17) is 10.5 Å². The first-order valence-corrected chi connectivity index (χ1v) is 9.10. The van der Waals surface area contributed by atoms with Gasteiger partial charge in [-0.15, -0.1) is 24.0 Å². The number of hydrogen-bond acceptors (Lipinski definition) is 4. The summed E-state index contributed by atoms with van der Waals surface area (Å²) in [5.74, 6) is 0.577. The second kappa shape index (κ2) is 14.1. The topological polar surface area (TPSA) is 66.1 Å². The van der Waals surface area contributed by atoms with Gasteiger partial charge in [-0.1, -0.05) is 0 Å². The van der Waals surface area contributed by atoms with E-state index in [1.165, 1.54) is 0 Å². The lowest BCUT2D eigenvalue weighted by Crippen LogP contribution is -2.39. The summed E-state index contributed by atoms with van der Waals surface area (Å²) in [6.45, 7) is 16.6. The lowest BCUT2D eigenvalue weighted by molar-refractivity contribution is 0.0376. The Labute approximate surface area is 165 Å². The van der Waals surface area contributed by atoms with E-state index in [-0.39, 0.29) is 24.0 Å². The zero-order chi connectivity index (χ0) is 17.1. The lowest BCUT2D eigenvalue weighted by atomic mass is 10.2. The van der Waals surface area contributed by atoms with Gasteiger partial charge in [-0.05, 0) is 47.1 Å². The molecule has 0 amide bonds. The van der Waals surface area contributed by atoms with Crippen molar-refractivity contribution in [2.45, 2.75) is 52.6 Å². The predicted octanol–water partition coefficient (Wildman–Crippen LogP) is 1.74. The molecule has 0 aromatic rings. The molecule has 0 saturated carbocycles. The summed E-state index contributed by atoms with van der Waals surface area (Å²) in [4.78, 5) is 9.35. The van der Waals surface area contributed by atoms with Crippen molar-refractivity contribution in [3.63, 3.8) is 0 Å².